The number of carbonyl (C=O) groups is 3. The Bertz CT molecular complexity index is 1230. The normalized spacial score (nSPS) is 46.4. The Morgan fingerprint density at radius 2 is 1.00 bits per heavy atom. The van der Waals surface area contributed by atoms with Crippen molar-refractivity contribution < 1.29 is 118 Å². The van der Waals surface area contributed by atoms with Crippen molar-refractivity contribution in [3.05, 3.63) is 0 Å². The number of aliphatic carboxylic acids is 1. The van der Waals surface area contributed by atoms with Crippen LogP contribution in [0.4, 0.5) is 0 Å². The van der Waals surface area contributed by atoms with Gasteiger partial charge in [0.15, 0.2) is 43.5 Å². The molecule has 0 saturated carbocycles. The van der Waals surface area contributed by atoms with E-state index < -0.39 is 147 Å². The number of rotatable bonds is 13. The molecule has 0 bridgehead atoms. The van der Waals surface area contributed by atoms with Crippen LogP contribution in [-0.4, -0.2) is 231 Å². The number of hydrogen-bond acceptors (Lipinski definition) is 24. The average molecular weight is 780 g/mol. The van der Waals surface area contributed by atoms with Crippen LogP contribution in [0.25, 0.3) is 0 Å². The van der Waals surface area contributed by atoms with E-state index in [-0.39, 0.29) is 13.2 Å². The molecule has 0 amide bonds. The number of carboxylic acid groups (broad SMARTS) is 1. The molecule has 0 aromatic heterocycles. The predicted molar refractivity (Wildman–Crippen MR) is 157 cm³/mol. The summed E-state index contributed by atoms with van der Waals surface area (Å²) in [5, 5.41) is 116. The molecule has 0 spiro atoms. The third-order valence-electron chi connectivity index (χ3n) is 8.86. The van der Waals surface area contributed by atoms with E-state index in [2.05, 4.69) is 9.47 Å². The lowest BCUT2D eigenvalue weighted by molar-refractivity contribution is -0.382. The van der Waals surface area contributed by atoms with Crippen molar-refractivity contribution in [1.29, 1.82) is 0 Å². The average Bonchev–Trinajstić information content (AvgIpc) is 3.14. The van der Waals surface area contributed by atoms with E-state index in [1.165, 1.54) is 0 Å². The van der Waals surface area contributed by atoms with Crippen molar-refractivity contribution in [3.8, 4) is 0 Å². The summed E-state index contributed by atoms with van der Waals surface area (Å²) >= 11 is 0. The molecular weight excluding hydrogens is 734 g/mol. The number of aliphatic hydroxyl groups is 10. The summed E-state index contributed by atoms with van der Waals surface area (Å²) < 4.78 is 52.1. The molecule has 13 N–H and O–H groups in total. The minimum Gasteiger partial charge on any atom is -0.479 e. The number of ether oxygens (including phenoxy) is 10. The van der Waals surface area contributed by atoms with E-state index in [9.17, 15) is 70.6 Å². The van der Waals surface area contributed by atoms with E-state index in [0.29, 0.717) is 0 Å². The zero-order chi connectivity index (χ0) is 39.5. The lowest BCUT2D eigenvalue weighted by Crippen LogP contribution is -2.68. The Kier molecular flexibility index (Phi) is 15.2. The van der Waals surface area contributed by atoms with Crippen molar-refractivity contribution in [2.45, 2.75) is 123 Å². The number of esters is 2. The number of carbonyl (C=O) groups excluding carboxylic acids is 2. The maximum atomic E-state index is 12.6. The van der Waals surface area contributed by atoms with Crippen LogP contribution in [-0.2, 0) is 61.8 Å². The van der Waals surface area contributed by atoms with Gasteiger partial charge in [-0.25, -0.2) is 14.4 Å². The van der Waals surface area contributed by atoms with E-state index in [0.717, 1.165) is 14.2 Å². The molecule has 0 radical (unpaired) electrons. The van der Waals surface area contributed by atoms with E-state index >= 15 is 0 Å². The van der Waals surface area contributed by atoms with Gasteiger partial charge in [-0.3, -0.25) is 0 Å². The van der Waals surface area contributed by atoms with Gasteiger partial charge in [-0.2, -0.15) is 0 Å². The molecule has 306 valence electrons. The van der Waals surface area contributed by atoms with Gasteiger partial charge in [0.2, 0.25) is 0 Å². The minimum absolute atomic E-state index is 0.00906. The standard InChI is InChI=1S/C28H45NO24/c1-44-23(42)19-8(32)7(31)11(35)26(51-19)50-18-10(34)13(37)27(53-21(18)22(40)41)49-17-14(38)20(24(43)45-2)52-28(15(17)39)48-16-6(5-30)47-25(46-4-3-29)12(36)9(16)33/h6-21,25-28,30-39H,3-5,29H2,1-2H3,(H,40,41). The SMILES string of the molecule is COC(=O)C1OC(OC2C(C(=O)O)OC(OC3C(O)C(OC4C(CO)OC(OCCN)C(O)C4O)OC(C(=O)OC)C3O)C(O)C2O)C(O)C(O)C1O. The second-order valence-electron chi connectivity index (χ2n) is 12.3. The quantitative estimate of drug-likeness (QED) is 0.0772. The largest absolute Gasteiger partial charge is 0.479 e. The number of hydrogen-bond donors (Lipinski definition) is 12. The highest BCUT2D eigenvalue weighted by Gasteiger charge is 2.58. The maximum absolute atomic E-state index is 12.6. The summed E-state index contributed by atoms with van der Waals surface area (Å²) in [6.07, 6.45) is -40.8. The van der Waals surface area contributed by atoms with Crippen molar-refractivity contribution in [3.63, 3.8) is 0 Å². The molecule has 4 saturated heterocycles. The van der Waals surface area contributed by atoms with Gasteiger partial charge >= 0.3 is 17.9 Å². The summed E-state index contributed by atoms with van der Waals surface area (Å²) in [4.78, 5) is 36.9. The van der Waals surface area contributed by atoms with Crippen LogP contribution in [0.3, 0.4) is 0 Å². The molecule has 25 heteroatoms. The molecule has 0 aromatic rings. The molecular formula is C28H45NO24. The Morgan fingerprint density at radius 1 is 0.547 bits per heavy atom. The first-order valence-electron chi connectivity index (χ1n) is 16.0. The summed E-state index contributed by atoms with van der Waals surface area (Å²) in [5.74, 6) is -4.39. The van der Waals surface area contributed by atoms with Gasteiger partial charge in [-0.1, -0.05) is 0 Å². The van der Waals surface area contributed by atoms with Crippen LogP contribution in [0.2, 0.25) is 0 Å². The van der Waals surface area contributed by atoms with E-state index in [1.807, 2.05) is 0 Å². The first-order chi connectivity index (χ1) is 25.0. The summed E-state index contributed by atoms with van der Waals surface area (Å²) in [7, 11) is 1.81. The molecule has 0 aromatic carbocycles. The Hall–Kier alpha value is -2.35. The van der Waals surface area contributed by atoms with E-state index in [4.69, 9.17) is 43.6 Å². The number of methoxy groups -OCH3 is 2. The second-order valence-corrected chi connectivity index (χ2v) is 12.3. The third kappa shape index (κ3) is 9.04. The van der Waals surface area contributed by atoms with Crippen molar-refractivity contribution >= 4 is 17.9 Å². The Labute approximate surface area is 298 Å². The summed E-state index contributed by atoms with van der Waals surface area (Å²) in [6, 6.07) is 0. The molecule has 4 aliphatic rings. The zero-order valence-electron chi connectivity index (χ0n) is 28.0. The lowest BCUT2D eigenvalue weighted by Gasteiger charge is -2.48. The third-order valence-corrected chi connectivity index (χ3v) is 8.86. The predicted octanol–water partition coefficient (Wildman–Crippen LogP) is -9.31. The monoisotopic (exact) mass is 779 g/mol. The topological polar surface area (TPSA) is 392 Å². The van der Waals surface area contributed by atoms with Crippen LogP contribution in [0.5, 0.6) is 0 Å². The number of nitrogens with two attached hydrogens (primary N) is 1. The highest BCUT2D eigenvalue weighted by molar-refractivity contribution is 5.76. The Morgan fingerprint density at radius 3 is 1.53 bits per heavy atom. The van der Waals surface area contributed by atoms with Crippen LogP contribution in [0.1, 0.15) is 0 Å². The molecule has 20 atom stereocenters. The fraction of sp³-hybridized carbons (Fsp3) is 0.893. The molecule has 4 aliphatic heterocycles. The van der Waals surface area contributed by atoms with Crippen molar-refractivity contribution in [2.75, 3.05) is 34.0 Å². The summed E-state index contributed by atoms with van der Waals surface area (Å²) in [6.45, 7) is -0.956. The van der Waals surface area contributed by atoms with Crippen molar-refractivity contribution in [1.82, 2.24) is 0 Å². The summed E-state index contributed by atoms with van der Waals surface area (Å²) in [5.41, 5.74) is 5.38. The molecule has 4 heterocycles. The zero-order valence-corrected chi connectivity index (χ0v) is 28.0. The molecule has 4 fully saturated rings. The first kappa shape index (κ1) is 43.4. The van der Waals surface area contributed by atoms with Crippen LogP contribution >= 0.6 is 0 Å². The second kappa shape index (κ2) is 18.5. The van der Waals surface area contributed by atoms with E-state index in [1.54, 1.807) is 0 Å². The molecule has 53 heavy (non-hydrogen) atoms. The maximum Gasteiger partial charge on any atom is 0.337 e. The Balaban J connectivity index is 1.55. The van der Waals surface area contributed by atoms with Gasteiger partial charge in [0.05, 0.1) is 27.4 Å². The molecule has 0 aliphatic carbocycles. The van der Waals surface area contributed by atoms with Gasteiger partial charge in [0.25, 0.3) is 0 Å². The van der Waals surface area contributed by atoms with Crippen LogP contribution in [0.15, 0.2) is 0 Å². The van der Waals surface area contributed by atoms with Crippen LogP contribution < -0.4 is 5.73 Å². The fourth-order valence-corrected chi connectivity index (χ4v) is 6.00. The van der Waals surface area contributed by atoms with Gasteiger partial charge < -0.3 is 109 Å². The number of carboxylic acids is 1. The minimum atomic E-state index is -2.33. The van der Waals surface area contributed by atoms with Gasteiger partial charge in [0.1, 0.15) is 79.4 Å². The van der Waals surface area contributed by atoms with Gasteiger partial charge in [0, 0.05) is 6.54 Å². The molecule has 4 rings (SSSR count). The van der Waals surface area contributed by atoms with Crippen molar-refractivity contribution in [2.24, 2.45) is 5.73 Å². The lowest BCUT2D eigenvalue weighted by atomic mass is 9.95. The van der Waals surface area contributed by atoms with Crippen LogP contribution in [0, 0.1) is 0 Å². The highest BCUT2D eigenvalue weighted by atomic mass is 16.8. The highest BCUT2D eigenvalue weighted by Crippen LogP contribution is 2.35. The molecule has 25 nitrogen and oxygen atoms in total. The van der Waals surface area contributed by atoms with Gasteiger partial charge in [-0.15, -0.1) is 0 Å². The first-order valence-corrected chi connectivity index (χ1v) is 16.0. The number of aliphatic hydroxyl groups excluding tert-OH is 10. The fourth-order valence-electron chi connectivity index (χ4n) is 6.00. The molecule has 20 unspecified atom stereocenters. The smallest absolute Gasteiger partial charge is 0.337 e. The van der Waals surface area contributed by atoms with Gasteiger partial charge in [-0.05, 0) is 0 Å².